The van der Waals surface area contributed by atoms with E-state index in [1.165, 1.54) is 4.90 Å². The van der Waals surface area contributed by atoms with Crippen LogP contribution in [0.4, 0.5) is 0 Å². The molecule has 0 spiro atoms. The maximum atomic E-state index is 12.5. The summed E-state index contributed by atoms with van der Waals surface area (Å²) >= 11 is 0. The summed E-state index contributed by atoms with van der Waals surface area (Å²) in [7, 11) is 0. The molecule has 0 aromatic heterocycles. The Morgan fingerprint density at radius 3 is 2.42 bits per heavy atom. The summed E-state index contributed by atoms with van der Waals surface area (Å²) in [5.41, 5.74) is -0.108. The third-order valence-corrected chi connectivity index (χ3v) is 3.73. The summed E-state index contributed by atoms with van der Waals surface area (Å²) in [6, 6.07) is 0. The standard InChI is InChI=1S/C14H23NO4/c1-14(2,3)8-15(7-12(16)17)13(18)10-6-9-4-5-11(10)19-9/h9-11H,4-8H2,1-3H3,(H,16,17). The van der Waals surface area contributed by atoms with Gasteiger partial charge in [-0.25, -0.2) is 0 Å². The first kappa shape index (κ1) is 14.3. The highest BCUT2D eigenvalue weighted by atomic mass is 16.5. The van der Waals surface area contributed by atoms with Gasteiger partial charge < -0.3 is 14.7 Å². The number of fused-ring (bicyclic) bond motifs is 2. The van der Waals surface area contributed by atoms with Crippen LogP contribution in [0.1, 0.15) is 40.0 Å². The fourth-order valence-corrected chi connectivity index (χ4v) is 3.08. The van der Waals surface area contributed by atoms with Crippen LogP contribution in [0, 0.1) is 11.3 Å². The van der Waals surface area contributed by atoms with Crippen LogP contribution in [0.25, 0.3) is 0 Å². The second-order valence-electron chi connectivity index (χ2n) is 6.86. The van der Waals surface area contributed by atoms with Gasteiger partial charge in [0, 0.05) is 6.54 Å². The summed E-state index contributed by atoms with van der Waals surface area (Å²) in [4.78, 5) is 25.0. The average molecular weight is 269 g/mol. The molecule has 1 N–H and O–H groups in total. The predicted molar refractivity (Wildman–Crippen MR) is 69.7 cm³/mol. The number of hydrogen-bond acceptors (Lipinski definition) is 3. The Hall–Kier alpha value is -1.10. The van der Waals surface area contributed by atoms with Crippen molar-refractivity contribution in [3.63, 3.8) is 0 Å². The van der Waals surface area contributed by atoms with E-state index in [2.05, 4.69) is 0 Å². The highest BCUT2D eigenvalue weighted by Gasteiger charge is 2.46. The number of hydrogen-bond donors (Lipinski definition) is 1. The van der Waals surface area contributed by atoms with E-state index in [9.17, 15) is 9.59 Å². The molecule has 2 saturated heterocycles. The molecule has 108 valence electrons. The lowest BCUT2D eigenvalue weighted by atomic mass is 9.87. The molecule has 2 aliphatic heterocycles. The Morgan fingerprint density at radius 1 is 1.32 bits per heavy atom. The second-order valence-corrected chi connectivity index (χ2v) is 6.86. The number of carboxylic acids is 1. The van der Waals surface area contributed by atoms with Crippen LogP contribution in [0.15, 0.2) is 0 Å². The molecule has 2 fully saturated rings. The van der Waals surface area contributed by atoms with Gasteiger partial charge in [0.15, 0.2) is 0 Å². The molecule has 5 heteroatoms. The van der Waals surface area contributed by atoms with Gasteiger partial charge in [-0.05, 0) is 24.7 Å². The van der Waals surface area contributed by atoms with E-state index in [-0.39, 0.29) is 36.0 Å². The minimum absolute atomic E-state index is 0.00811. The molecule has 2 bridgehead atoms. The Labute approximate surface area is 113 Å². The summed E-state index contributed by atoms with van der Waals surface area (Å²) in [6.45, 7) is 6.27. The Bertz CT molecular complexity index is 374. The largest absolute Gasteiger partial charge is 0.480 e. The van der Waals surface area contributed by atoms with Crippen LogP contribution >= 0.6 is 0 Å². The van der Waals surface area contributed by atoms with Crippen LogP contribution in [0.5, 0.6) is 0 Å². The van der Waals surface area contributed by atoms with Crippen LogP contribution < -0.4 is 0 Å². The van der Waals surface area contributed by atoms with Gasteiger partial charge >= 0.3 is 5.97 Å². The van der Waals surface area contributed by atoms with Gasteiger partial charge in [0.25, 0.3) is 0 Å². The zero-order chi connectivity index (χ0) is 14.2. The molecule has 5 nitrogen and oxygen atoms in total. The fraction of sp³-hybridized carbons (Fsp3) is 0.857. The number of amides is 1. The number of rotatable bonds is 4. The van der Waals surface area contributed by atoms with Gasteiger partial charge in [-0.2, -0.15) is 0 Å². The van der Waals surface area contributed by atoms with E-state index >= 15 is 0 Å². The molecular weight excluding hydrogens is 246 g/mol. The summed E-state index contributed by atoms with van der Waals surface area (Å²) in [5, 5.41) is 8.98. The molecule has 0 saturated carbocycles. The van der Waals surface area contributed by atoms with Crippen molar-refractivity contribution < 1.29 is 19.4 Å². The molecule has 19 heavy (non-hydrogen) atoms. The van der Waals surface area contributed by atoms with E-state index in [1.54, 1.807) is 0 Å². The van der Waals surface area contributed by atoms with Crippen molar-refractivity contribution in [3.8, 4) is 0 Å². The topological polar surface area (TPSA) is 66.8 Å². The number of carbonyl (C=O) groups excluding carboxylic acids is 1. The monoisotopic (exact) mass is 269 g/mol. The summed E-state index contributed by atoms with van der Waals surface area (Å²) in [5.74, 6) is -1.15. The van der Waals surface area contributed by atoms with E-state index in [0.717, 1.165) is 19.3 Å². The van der Waals surface area contributed by atoms with Crippen molar-refractivity contribution in [2.75, 3.05) is 13.1 Å². The van der Waals surface area contributed by atoms with Crippen LogP contribution in [0.3, 0.4) is 0 Å². The normalized spacial score (nSPS) is 29.5. The molecule has 0 aromatic rings. The van der Waals surface area contributed by atoms with Gasteiger partial charge in [0.1, 0.15) is 6.54 Å². The third-order valence-electron chi connectivity index (χ3n) is 3.73. The smallest absolute Gasteiger partial charge is 0.323 e. The summed E-state index contributed by atoms with van der Waals surface area (Å²) < 4.78 is 5.70. The van der Waals surface area contributed by atoms with E-state index < -0.39 is 5.97 Å². The molecule has 0 aliphatic carbocycles. The highest BCUT2D eigenvalue weighted by Crippen LogP contribution is 2.39. The number of carbonyl (C=O) groups is 2. The van der Waals surface area contributed by atoms with Crippen molar-refractivity contribution in [2.45, 2.75) is 52.2 Å². The first-order valence-corrected chi connectivity index (χ1v) is 6.92. The predicted octanol–water partition coefficient (Wildman–Crippen LogP) is 1.51. The molecule has 1 amide bonds. The number of ether oxygens (including phenoxy) is 1. The van der Waals surface area contributed by atoms with Crippen molar-refractivity contribution in [2.24, 2.45) is 11.3 Å². The molecule has 0 aromatic carbocycles. The molecule has 2 aliphatic rings. The molecular formula is C14H23NO4. The summed E-state index contributed by atoms with van der Waals surface area (Å²) in [6.07, 6.45) is 2.93. The lowest BCUT2D eigenvalue weighted by Crippen LogP contribution is -2.46. The zero-order valence-corrected chi connectivity index (χ0v) is 11.9. The van der Waals surface area contributed by atoms with Gasteiger partial charge in [0.05, 0.1) is 18.1 Å². The number of nitrogens with zero attached hydrogens (tertiary/aromatic N) is 1. The fourth-order valence-electron chi connectivity index (χ4n) is 3.08. The first-order valence-electron chi connectivity index (χ1n) is 6.92. The lowest BCUT2D eigenvalue weighted by molar-refractivity contribution is -0.148. The highest BCUT2D eigenvalue weighted by molar-refractivity contribution is 5.84. The van der Waals surface area contributed by atoms with Gasteiger partial charge in [-0.1, -0.05) is 20.8 Å². The van der Waals surface area contributed by atoms with Crippen LogP contribution in [0.2, 0.25) is 0 Å². The average Bonchev–Trinajstić information content (AvgIpc) is 2.85. The quantitative estimate of drug-likeness (QED) is 0.840. The van der Waals surface area contributed by atoms with Crippen molar-refractivity contribution in [1.29, 1.82) is 0 Å². The second kappa shape index (κ2) is 5.12. The van der Waals surface area contributed by atoms with Gasteiger partial charge in [-0.3, -0.25) is 9.59 Å². The first-order chi connectivity index (χ1) is 8.76. The molecule has 2 rings (SSSR count). The Kier molecular flexibility index (Phi) is 3.85. The Morgan fingerprint density at radius 2 is 2.00 bits per heavy atom. The lowest BCUT2D eigenvalue weighted by Gasteiger charge is -2.32. The molecule has 3 atom stereocenters. The van der Waals surface area contributed by atoms with E-state index in [1.807, 2.05) is 20.8 Å². The van der Waals surface area contributed by atoms with Crippen LogP contribution in [-0.4, -0.2) is 47.2 Å². The van der Waals surface area contributed by atoms with Crippen molar-refractivity contribution in [1.82, 2.24) is 4.90 Å². The third kappa shape index (κ3) is 3.47. The maximum absolute atomic E-state index is 12.5. The molecule has 2 heterocycles. The Balaban J connectivity index is 2.04. The van der Waals surface area contributed by atoms with Crippen molar-refractivity contribution >= 4 is 11.9 Å². The maximum Gasteiger partial charge on any atom is 0.323 e. The SMILES string of the molecule is CC(C)(C)CN(CC(=O)O)C(=O)C1CC2CCC1O2. The van der Waals surface area contributed by atoms with Gasteiger partial charge in [0.2, 0.25) is 5.91 Å². The minimum Gasteiger partial charge on any atom is -0.480 e. The minimum atomic E-state index is -0.957. The molecule has 3 unspecified atom stereocenters. The number of aliphatic carboxylic acids is 1. The van der Waals surface area contributed by atoms with E-state index in [0.29, 0.717) is 6.54 Å². The van der Waals surface area contributed by atoms with E-state index in [4.69, 9.17) is 9.84 Å². The number of carboxylic acid groups (broad SMARTS) is 1. The van der Waals surface area contributed by atoms with Crippen LogP contribution in [-0.2, 0) is 14.3 Å². The zero-order valence-electron chi connectivity index (χ0n) is 11.9. The molecule has 0 radical (unpaired) electrons. The van der Waals surface area contributed by atoms with Crippen molar-refractivity contribution in [3.05, 3.63) is 0 Å². The van der Waals surface area contributed by atoms with Gasteiger partial charge in [-0.15, -0.1) is 0 Å².